The van der Waals surface area contributed by atoms with Crippen molar-refractivity contribution in [2.75, 3.05) is 60.0 Å². The number of carbonyl (C=O) groups is 4. The van der Waals surface area contributed by atoms with Gasteiger partial charge in [-0.05, 0) is 282 Å². The third-order valence-corrected chi connectivity index (χ3v) is 29.9. The number of benzene rings is 7. The quantitative estimate of drug-likeness (QED) is 0.0560. The second-order valence-corrected chi connectivity index (χ2v) is 38.0. The van der Waals surface area contributed by atoms with E-state index in [9.17, 15) is 98.6 Å². The number of amides is 4. The highest BCUT2D eigenvalue weighted by atomic mass is 32.2. The second kappa shape index (κ2) is 39.7. The predicted octanol–water partition coefficient (Wildman–Crippen LogP) is 19.4. The van der Waals surface area contributed by atoms with E-state index >= 15 is 0 Å². The van der Waals surface area contributed by atoms with E-state index in [1.807, 2.05) is 30.3 Å². The van der Waals surface area contributed by atoms with Crippen LogP contribution in [-0.2, 0) is 74.2 Å². The molecule has 4 N–H and O–H groups in total. The predicted molar refractivity (Wildman–Crippen MR) is 466 cm³/mol. The Kier molecular flexibility index (Phi) is 28.8. The summed E-state index contributed by atoms with van der Waals surface area (Å²) in [6.45, 7) is 25.1. The van der Waals surface area contributed by atoms with Gasteiger partial charge in [0.25, 0.3) is 0 Å². The molecule has 7 heterocycles. The van der Waals surface area contributed by atoms with Crippen molar-refractivity contribution >= 4 is 50.8 Å². The zero-order valence-corrected chi connectivity index (χ0v) is 74.2. The Balaban J connectivity index is 0.000000120. The Hall–Kier alpha value is -11.1. The molecule has 7 saturated heterocycles. The summed E-state index contributed by atoms with van der Waals surface area (Å²) in [4.78, 5) is 60.5. The lowest BCUT2D eigenvalue weighted by molar-refractivity contribution is -0.189. The standard InChI is InChI=1S/C15H13F6NO4S.C15H13F3N2O.C15H16F3NO2.C14H14F3NO2.2C13H14N2.C13H17NO/c16-14(17,18)13(23)22-5-1-2-10-11-7-9(4-3-8(11)6-12(10)22)26-27(24,25)15(19,20)21;1-19-10-5-4-9-7-13-11(12(9)8-10)3-2-6-20(13)14(21)15(16,17)18;1-21-10-5-4-9-7-13-11(12(9)8-10)3-2-6-19(13)14(20)15(16,17)18;15-14(16,17)13(20)18-5-1-2-10-11-7-9(19)4-3-8(11)6-12(10)18;2*1-14-10-5-4-9-7-13-11(12(9)8-10)3-2-6-15-13;1-15-10-5-4-9-7-13-11(12(9)8-10)3-2-6-14-13/h3-4,7,10,12H,1-2,5-6H2;4-5,8,11,13H,2-3,6-7H2;4-5,8,11,13H,2-3,6-7H2,1H3;3-4,7,10,12,19H,1-2,5-6H2;2*4-5,8,11,13,15H,2-3,6-7H2;4-5,8,11,13-14H,2-3,6-7H2,1H3/t10-,12+;2*11-,13+;10-,12+;3*11-,13+/m1111111/s1. The highest BCUT2D eigenvalue weighted by Gasteiger charge is 2.55. The molecule has 134 heavy (non-hydrogen) atoms. The molecule has 0 unspecified atom stereocenters. The van der Waals surface area contributed by atoms with Gasteiger partial charge < -0.3 is 54.3 Å². The number of piperidine rings is 7. The lowest BCUT2D eigenvalue weighted by Gasteiger charge is -2.38. The van der Waals surface area contributed by atoms with E-state index in [4.69, 9.17) is 29.2 Å². The fourth-order valence-corrected chi connectivity index (χ4v) is 23.5. The topological polar surface area (TPSA) is 212 Å². The first-order valence-corrected chi connectivity index (χ1v) is 46.6. The molecule has 7 aromatic rings. The molecule has 7 aromatic carbocycles. The van der Waals surface area contributed by atoms with Crippen LogP contribution in [-0.4, -0.2) is 189 Å². The first kappa shape index (κ1) is 97.4. The number of hydrogen-bond acceptors (Lipinski definition) is 13. The van der Waals surface area contributed by atoms with Crippen LogP contribution in [0.4, 0.5) is 82.9 Å². The minimum absolute atomic E-state index is 0.0184. The van der Waals surface area contributed by atoms with Crippen molar-refractivity contribution < 1.29 is 112 Å². The van der Waals surface area contributed by atoms with Crippen LogP contribution in [0, 0.1) is 19.7 Å². The molecule has 21 rings (SSSR count). The van der Waals surface area contributed by atoms with Gasteiger partial charge in [-0.3, -0.25) is 19.2 Å². The largest absolute Gasteiger partial charge is 0.534 e. The number of nitrogens with one attached hydrogen (secondary N) is 3. The van der Waals surface area contributed by atoms with Crippen LogP contribution in [0.1, 0.15) is 209 Å². The normalized spacial score (nSPS) is 25.4. The van der Waals surface area contributed by atoms with E-state index in [1.54, 1.807) is 44.6 Å². The SMILES string of the molecule is COc1ccc2c(c1)[C@H]1CCCN(C(=O)C(F)(F)F)[C@H]1C2.COc1ccc2c(c1)[C@H]1CCCN[C@H]1C2.O=C(N1CCC[C@@H]2c3cc(O)ccc3C[C@@H]21)C(F)(F)F.O=C(N1CCC[C@@H]2c3cc(OS(=O)(=O)C(F)(F)F)ccc3C[C@@H]21)C(F)(F)F.[C-]#[N+]c1ccc2c(c1)[C@H]1CCCN(C(=O)C(F)(F)F)[C@H]1C2.[C-]#[N+]c1ccc2c(c1)[C@H]1CCCN[C@H]1C2.[C-]#[N+]c1ccc2c(c1)[C@H]1CCCN[C@H]1C2. The minimum atomic E-state index is -5.85. The van der Waals surface area contributed by atoms with Gasteiger partial charge in [-0.1, -0.05) is 95.6 Å². The van der Waals surface area contributed by atoms with E-state index in [-0.39, 0.29) is 68.6 Å². The van der Waals surface area contributed by atoms with Gasteiger partial charge >= 0.3 is 64.0 Å². The average Bonchev–Trinajstić information content (AvgIpc) is 1.59. The monoisotopic (exact) mass is 1890 g/mol. The molecule has 0 radical (unpaired) electrons. The van der Waals surface area contributed by atoms with Gasteiger partial charge in [0.05, 0.1) is 33.9 Å². The Labute approximate surface area is 766 Å². The average molecular weight is 1900 g/mol. The van der Waals surface area contributed by atoms with Crippen molar-refractivity contribution in [2.45, 2.75) is 249 Å². The van der Waals surface area contributed by atoms with E-state index in [1.165, 1.54) is 97.0 Å². The maximum absolute atomic E-state index is 12.8. The number of ether oxygens (including phenoxy) is 2. The molecule has 7 aliphatic carbocycles. The minimum Gasteiger partial charge on any atom is -0.508 e. The molecule has 0 bridgehead atoms. The first-order chi connectivity index (χ1) is 63.7. The first-order valence-electron chi connectivity index (χ1n) is 45.2. The number of phenolic OH excluding ortho intramolecular Hbond substituents is 1. The highest BCUT2D eigenvalue weighted by Crippen LogP contribution is 2.52. The molecule has 0 saturated carbocycles. The second-order valence-electron chi connectivity index (χ2n) is 36.4. The number of aromatic hydroxyl groups is 1. The molecule has 20 nitrogen and oxygen atoms in total. The lowest BCUT2D eigenvalue weighted by atomic mass is 9.88. The van der Waals surface area contributed by atoms with Crippen LogP contribution < -0.4 is 29.6 Å². The number of likely N-dealkylation sites (tertiary alicyclic amines) is 4. The summed E-state index contributed by atoms with van der Waals surface area (Å²) in [6.07, 6.45) is -2.00. The third-order valence-electron chi connectivity index (χ3n) is 28.9. The van der Waals surface area contributed by atoms with E-state index in [2.05, 4.69) is 77.1 Å². The van der Waals surface area contributed by atoms with Crippen molar-refractivity contribution in [2.24, 2.45) is 0 Å². The molecular weight excluding hydrogens is 1790 g/mol. The molecular formula is C98H101F15N10O10S. The number of carbonyl (C=O) groups excluding carboxylic acids is 4. The van der Waals surface area contributed by atoms with Gasteiger partial charge in [-0.15, -0.1) is 0 Å². The third kappa shape index (κ3) is 20.8. The number of nitrogens with zero attached hydrogens (tertiary/aromatic N) is 7. The fraction of sp³-hybridized carbons (Fsp3) is 0.500. The van der Waals surface area contributed by atoms with Gasteiger partial charge in [-0.2, -0.15) is 74.3 Å². The molecule has 14 atom stereocenters. The van der Waals surface area contributed by atoms with Gasteiger partial charge in [0.1, 0.15) is 23.0 Å². The Morgan fingerprint density at radius 2 is 0.590 bits per heavy atom. The number of halogens is 15. The molecule has 14 aliphatic rings. The van der Waals surface area contributed by atoms with Crippen molar-refractivity contribution in [1.82, 2.24) is 35.6 Å². The summed E-state index contributed by atoms with van der Waals surface area (Å²) < 4.78 is 227. The summed E-state index contributed by atoms with van der Waals surface area (Å²) >= 11 is 0. The fourth-order valence-electron chi connectivity index (χ4n) is 23.0. The van der Waals surface area contributed by atoms with Crippen molar-refractivity contribution in [3.63, 3.8) is 0 Å². The molecule has 714 valence electrons. The summed E-state index contributed by atoms with van der Waals surface area (Å²) in [6, 6.07) is 38.0. The molecule has 36 heteroatoms. The highest BCUT2D eigenvalue weighted by molar-refractivity contribution is 7.88. The summed E-state index contributed by atoms with van der Waals surface area (Å²) in [5.41, 5.74) is 12.0. The van der Waals surface area contributed by atoms with Crippen molar-refractivity contribution in [3.8, 4) is 23.0 Å². The molecule has 0 aromatic heterocycles. The van der Waals surface area contributed by atoms with Crippen LogP contribution in [0.15, 0.2) is 127 Å². The van der Waals surface area contributed by atoms with Crippen LogP contribution in [0.3, 0.4) is 0 Å². The van der Waals surface area contributed by atoms with E-state index in [0.717, 1.165) is 133 Å². The molecule has 4 amide bonds. The summed E-state index contributed by atoms with van der Waals surface area (Å²) in [5, 5.41) is 20.3. The van der Waals surface area contributed by atoms with Crippen LogP contribution in [0.5, 0.6) is 23.0 Å². The van der Waals surface area contributed by atoms with Gasteiger partial charge in [0.15, 0.2) is 17.1 Å². The van der Waals surface area contributed by atoms with Gasteiger partial charge in [-0.25, -0.2) is 14.5 Å². The maximum Gasteiger partial charge on any atom is 0.534 e. The Bertz CT molecular complexity index is 5730. The smallest absolute Gasteiger partial charge is 0.508 e. The Morgan fingerprint density at radius 1 is 0.343 bits per heavy atom. The molecule has 0 spiro atoms. The summed E-state index contributed by atoms with van der Waals surface area (Å²) in [5.74, 6) is -4.60. The number of rotatable bonds is 4. The van der Waals surface area contributed by atoms with E-state index < -0.39 is 93.8 Å². The molecule has 7 aliphatic heterocycles. The number of phenols is 1. The number of methoxy groups -OCH3 is 2. The van der Waals surface area contributed by atoms with Crippen molar-refractivity contribution in [3.05, 3.63) is 240 Å². The van der Waals surface area contributed by atoms with Crippen LogP contribution in [0.2, 0.25) is 0 Å². The molecule has 7 fully saturated rings. The maximum atomic E-state index is 12.8. The van der Waals surface area contributed by atoms with Gasteiger partial charge in [0.2, 0.25) is 0 Å². The number of fused-ring (bicyclic) bond motifs is 21. The Morgan fingerprint density at radius 3 is 0.881 bits per heavy atom. The van der Waals surface area contributed by atoms with E-state index in [0.29, 0.717) is 97.5 Å². The zero-order chi connectivity index (χ0) is 95.8. The zero-order valence-electron chi connectivity index (χ0n) is 73.3. The van der Waals surface area contributed by atoms with Gasteiger partial charge in [0, 0.05) is 92.1 Å². The number of alkyl halides is 15. The van der Waals surface area contributed by atoms with Crippen molar-refractivity contribution in [1.29, 1.82) is 0 Å². The van der Waals surface area contributed by atoms with Crippen LogP contribution in [0.25, 0.3) is 14.5 Å². The number of hydrogen-bond donors (Lipinski definition) is 4. The van der Waals surface area contributed by atoms with Crippen LogP contribution >= 0.6 is 0 Å². The summed E-state index contributed by atoms with van der Waals surface area (Å²) in [7, 11) is -2.55. The lowest BCUT2D eigenvalue weighted by Crippen LogP contribution is -2.51.